The van der Waals surface area contributed by atoms with Crippen LogP contribution in [-0.4, -0.2) is 46.8 Å². The molecule has 0 bridgehead atoms. The number of carbonyl (C=O) groups is 3. The van der Waals surface area contributed by atoms with Crippen LogP contribution < -0.4 is 5.32 Å². The van der Waals surface area contributed by atoms with E-state index in [1.54, 1.807) is 0 Å². The number of aryl methyl sites for hydroxylation is 3. The van der Waals surface area contributed by atoms with Crippen molar-refractivity contribution in [2.24, 2.45) is 0 Å². The number of esters is 2. The van der Waals surface area contributed by atoms with E-state index in [0.717, 1.165) is 39.2 Å². The topological polar surface area (TPSA) is 112 Å². The number of hydrogen-bond donors (Lipinski definition) is 1. The Morgan fingerprint density at radius 1 is 0.892 bits per heavy atom. The van der Waals surface area contributed by atoms with Gasteiger partial charge >= 0.3 is 11.9 Å². The minimum Gasteiger partial charge on any atom is -0.465 e. The molecule has 4 rings (SSSR count). The van der Waals surface area contributed by atoms with Crippen LogP contribution in [0.4, 0.5) is 5.69 Å². The molecule has 9 heteroatoms. The number of pyridine rings is 1. The van der Waals surface area contributed by atoms with Gasteiger partial charge in [-0.1, -0.05) is 18.2 Å². The van der Waals surface area contributed by atoms with E-state index in [1.807, 2.05) is 55.8 Å². The first-order valence-electron chi connectivity index (χ1n) is 11.8. The summed E-state index contributed by atoms with van der Waals surface area (Å²) in [6, 6.07) is 14.1. The van der Waals surface area contributed by atoms with Crippen LogP contribution in [0.25, 0.3) is 16.7 Å². The molecule has 1 N–H and O–H groups in total. The zero-order chi connectivity index (χ0) is 26.7. The largest absolute Gasteiger partial charge is 0.465 e. The van der Waals surface area contributed by atoms with Crippen LogP contribution in [0.5, 0.6) is 0 Å². The highest BCUT2D eigenvalue weighted by Crippen LogP contribution is 2.28. The predicted molar refractivity (Wildman–Crippen MR) is 139 cm³/mol. The highest BCUT2D eigenvalue weighted by Gasteiger charge is 2.19. The van der Waals surface area contributed by atoms with Crippen LogP contribution >= 0.6 is 0 Å². The molecule has 0 aliphatic rings. The van der Waals surface area contributed by atoms with Gasteiger partial charge in [-0.15, -0.1) is 0 Å². The number of rotatable bonds is 7. The van der Waals surface area contributed by atoms with E-state index in [-0.39, 0.29) is 23.5 Å². The maximum atomic E-state index is 12.8. The summed E-state index contributed by atoms with van der Waals surface area (Å²) in [5, 5.41) is 8.46. The molecule has 0 atom stereocenters. The van der Waals surface area contributed by atoms with Gasteiger partial charge in [0.05, 0.1) is 36.7 Å². The van der Waals surface area contributed by atoms with Crippen LogP contribution in [0.15, 0.2) is 48.5 Å². The number of nitrogens with zero attached hydrogens (tertiary/aromatic N) is 3. The number of amides is 1. The SMILES string of the molecule is COC(=O)c1cc(NC(=O)CCc2c(C)nc3c(c(C)nn3-c3ccccc3)c2C)cc(C(=O)OC)c1. The average Bonchev–Trinajstić information content (AvgIpc) is 3.23. The lowest BCUT2D eigenvalue weighted by molar-refractivity contribution is -0.116. The fraction of sp³-hybridized carbons (Fsp3) is 0.250. The third-order valence-corrected chi connectivity index (χ3v) is 6.24. The molecule has 2 heterocycles. The summed E-state index contributed by atoms with van der Waals surface area (Å²) in [5.41, 5.74) is 5.99. The van der Waals surface area contributed by atoms with Crippen molar-refractivity contribution in [1.29, 1.82) is 0 Å². The Balaban J connectivity index is 1.57. The Morgan fingerprint density at radius 2 is 1.51 bits per heavy atom. The average molecular weight is 501 g/mol. The van der Waals surface area contributed by atoms with Gasteiger partial charge in [-0.25, -0.2) is 19.3 Å². The summed E-state index contributed by atoms with van der Waals surface area (Å²) < 4.78 is 11.3. The van der Waals surface area contributed by atoms with Crippen LogP contribution in [0.2, 0.25) is 0 Å². The summed E-state index contributed by atoms with van der Waals surface area (Å²) in [6.07, 6.45) is 0.639. The molecule has 9 nitrogen and oxygen atoms in total. The number of para-hydroxylation sites is 1. The number of carbonyl (C=O) groups excluding carboxylic acids is 3. The molecule has 190 valence electrons. The molecule has 0 saturated heterocycles. The number of ether oxygens (including phenoxy) is 2. The van der Waals surface area contributed by atoms with Gasteiger partial charge in [0.15, 0.2) is 5.65 Å². The number of benzene rings is 2. The monoisotopic (exact) mass is 500 g/mol. The van der Waals surface area contributed by atoms with Gasteiger partial charge in [-0.3, -0.25) is 4.79 Å². The van der Waals surface area contributed by atoms with Gasteiger partial charge < -0.3 is 14.8 Å². The molecule has 37 heavy (non-hydrogen) atoms. The maximum absolute atomic E-state index is 12.8. The van der Waals surface area contributed by atoms with E-state index in [1.165, 1.54) is 32.4 Å². The summed E-state index contributed by atoms with van der Waals surface area (Å²) in [5.74, 6) is -1.52. The highest BCUT2D eigenvalue weighted by molar-refractivity contribution is 5.99. The lowest BCUT2D eigenvalue weighted by Gasteiger charge is -2.13. The normalized spacial score (nSPS) is 10.8. The van der Waals surface area contributed by atoms with Crippen molar-refractivity contribution in [3.8, 4) is 5.69 Å². The molecule has 0 aliphatic heterocycles. The first-order chi connectivity index (χ1) is 17.7. The second-order valence-electron chi connectivity index (χ2n) is 8.66. The van der Waals surface area contributed by atoms with Crippen LogP contribution in [-0.2, 0) is 20.7 Å². The van der Waals surface area contributed by atoms with Crippen molar-refractivity contribution >= 4 is 34.6 Å². The van der Waals surface area contributed by atoms with Crippen LogP contribution in [0.3, 0.4) is 0 Å². The van der Waals surface area contributed by atoms with Gasteiger partial charge in [0, 0.05) is 23.2 Å². The molecule has 0 saturated carbocycles. The van der Waals surface area contributed by atoms with Crippen LogP contribution in [0, 0.1) is 20.8 Å². The molecule has 4 aromatic rings. The van der Waals surface area contributed by atoms with Gasteiger partial charge in [-0.05, 0) is 68.7 Å². The lowest BCUT2D eigenvalue weighted by atomic mass is 9.99. The smallest absolute Gasteiger partial charge is 0.337 e. The Morgan fingerprint density at radius 3 is 2.11 bits per heavy atom. The molecule has 0 radical (unpaired) electrons. The van der Waals surface area contributed by atoms with E-state index >= 15 is 0 Å². The quantitative estimate of drug-likeness (QED) is 0.372. The van der Waals surface area contributed by atoms with Crippen molar-refractivity contribution in [3.63, 3.8) is 0 Å². The number of hydrogen-bond acceptors (Lipinski definition) is 7. The fourth-order valence-electron chi connectivity index (χ4n) is 4.46. The van der Waals surface area contributed by atoms with E-state index in [9.17, 15) is 14.4 Å². The number of nitrogens with one attached hydrogen (secondary N) is 1. The lowest BCUT2D eigenvalue weighted by Crippen LogP contribution is -2.15. The number of methoxy groups -OCH3 is 2. The Hall–Kier alpha value is -4.53. The zero-order valence-corrected chi connectivity index (χ0v) is 21.4. The molecule has 1 amide bonds. The minimum atomic E-state index is -0.627. The maximum Gasteiger partial charge on any atom is 0.337 e. The third kappa shape index (κ3) is 5.20. The van der Waals surface area contributed by atoms with E-state index in [2.05, 4.69) is 5.32 Å². The van der Waals surface area contributed by atoms with Gasteiger partial charge in [0.25, 0.3) is 0 Å². The summed E-state index contributed by atoms with van der Waals surface area (Å²) >= 11 is 0. The molecule has 0 unspecified atom stereocenters. The zero-order valence-electron chi connectivity index (χ0n) is 21.4. The standard InChI is InChI=1S/C28H28N4O5/c1-16-23(17(2)29-26-25(16)18(3)31-32(26)22-9-7-6-8-10-22)11-12-24(33)30-21-14-19(27(34)36-4)13-20(15-21)28(35)37-5/h6-10,13-15H,11-12H2,1-5H3,(H,30,33). The Labute approximate surface area is 214 Å². The minimum absolute atomic E-state index is 0.132. The van der Waals surface area contributed by atoms with Crippen LogP contribution in [0.1, 0.15) is 49.7 Å². The Kier molecular flexibility index (Phi) is 7.33. The molecule has 0 aliphatic carbocycles. The highest BCUT2D eigenvalue weighted by atomic mass is 16.5. The second-order valence-corrected chi connectivity index (χ2v) is 8.66. The molecule has 0 spiro atoms. The van der Waals surface area contributed by atoms with E-state index in [0.29, 0.717) is 12.1 Å². The molecular weight excluding hydrogens is 472 g/mol. The fourth-order valence-corrected chi connectivity index (χ4v) is 4.46. The van der Waals surface area contributed by atoms with Crippen molar-refractivity contribution < 1.29 is 23.9 Å². The van der Waals surface area contributed by atoms with Crippen molar-refractivity contribution in [2.45, 2.75) is 33.6 Å². The number of fused-ring (bicyclic) bond motifs is 1. The number of aromatic nitrogens is 3. The first-order valence-corrected chi connectivity index (χ1v) is 11.8. The summed E-state index contributed by atoms with van der Waals surface area (Å²) in [4.78, 5) is 41.7. The second kappa shape index (κ2) is 10.6. The predicted octanol–water partition coefficient (Wildman–Crippen LogP) is 4.49. The van der Waals surface area contributed by atoms with E-state index < -0.39 is 11.9 Å². The summed E-state index contributed by atoms with van der Waals surface area (Å²) in [7, 11) is 2.48. The van der Waals surface area contributed by atoms with Gasteiger partial charge in [0.1, 0.15) is 0 Å². The summed E-state index contributed by atoms with van der Waals surface area (Å²) in [6.45, 7) is 5.91. The van der Waals surface area contributed by atoms with Crippen molar-refractivity contribution in [1.82, 2.24) is 14.8 Å². The van der Waals surface area contributed by atoms with Gasteiger partial charge in [0.2, 0.25) is 5.91 Å². The first kappa shape index (κ1) is 25.6. The van der Waals surface area contributed by atoms with E-state index in [4.69, 9.17) is 19.6 Å². The molecule has 2 aromatic heterocycles. The molecular formula is C28H28N4O5. The molecule has 0 fully saturated rings. The van der Waals surface area contributed by atoms with Crippen molar-refractivity contribution in [3.05, 3.63) is 82.2 Å². The van der Waals surface area contributed by atoms with Gasteiger partial charge in [-0.2, -0.15) is 5.10 Å². The molecule has 2 aromatic carbocycles. The van der Waals surface area contributed by atoms with Crippen molar-refractivity contribution in [2.75, 3.05) is 19.5 Å². The number of anilines is 1. The third-order valence-electron chi connectivity index (χ3n) is 6.24. The Bertz CT molecular complexity index is 1470.